The molecule has 0 saturated carbocycles. The van der Waals surface area contributed by atoms with Gasteiger partial charge in [0, 0.05) is 18.1 Å². The fraction of sp³-hybridized carbons (Fsp3) is 0.182. The molecule has 0 bridgehead atoms. The van der Waals surface area contributed by atoms with E-state index in [0.717, 1.165) is 11.1 Å². The van der Waals surface area contributed by atoms with Crippen molar-refractivity contribution in [3.05, 3.63) is 81.2 Å². The van der Waals surface area contributed by atoms with Crippen LogP contribution < -0.4 is 10.9 Å². The average Bonchev–Trinajstić information content (AvgIpc) is 3.18. The molecule has 0 aliphatic rings. The Labute approximate surface area is 188 Å². The van der Waals surface area contributed by atoms with Crippen LogP contribution in [-0.2, 0) is 18.4 Å². The van der Waals surface area contributed by atoms with E-state index in [1.54, 1.807) is 24.0 Å². The highest BCUT2D eigenvalue weighted by Gasteiger charge is 2.13. The highest BCUT2D eigenvalue weighted by Crippen LogP contribution is 2.20. The van der Waals surface area contributed by atoms with Crippen LogP contribution in [0.25, 0.3) is 10.9 Å². The number of aryl methyl sites for hydroxylation is 1. The number of nitrogens with one attached hydrogen (secondary N) is 1. The first-order valence-corrected chi connectivity index (χ1v) is 10.9. The van der Waals surface area contributed by atoms with Gasteiger partial charge in [0.25, 0.3) is 5.56 Å². The molecule has 0 aliphatic carbocycles. The summed E-state index contributed by atoms with van der Waals surface area (Å²) in [7, 11) is 1.66. The lowest BCUT2D eigenvalue weighted by Gasteiger charge is -2.11. The molecule has 31 heavy (non-hydrogen) atoms. The molecule has 0 fully saturated rings. The van der Waals surface area contributed by atoms with Crippen LogP contribution >= 0.6 is 23.4 Å². The van der Waals surface area contributed by atoms with Gasteiger partial charge in [0.2, 0.25) is 5.91 Å². The molecule has 0 radical (unpaired) electrons. The van der Waals surface area contributed by atoms with Gasteiger partial charge in [0.1, 0.15) is 5.82 Å². The topological polar surface area (TPSA) is 81.8 Å². The molecule has 158 valence electrons. The monoisotopic (exact) mass is 453 g/mol. The second kappa shape index (κ2) is 8.95. The summed E-state index contributed by atoms with van der Waals surface area (Å²) in [6.07, 6.45) is 1.62. The van der Waals surface area contributed by atoms with Gasteiger partial charge in [0.05, 0.1) is 29.4 Å². The average molecular weight is 454 g/mol. The van der Waals surface area contributed by atoms with Gasteiger partial charge in [-0.25, -0.2) is 9.67 Å². The number of aromatic nitrogens is 4. The van der Waals surface area contributed by atoms with Crippen molar-refractivity contribution in [1.29, 1.82) is 0 Å². The summed E-state index contributed by atoms with van der Waals surface area (Å²) < 4.78 is 3.15. The third-order valence-corrected chi connectivity index (χ3v) is 6.18. The summed E-state index contributed by atoms with van der Waals surface area (Å²) in [4.78, 5) is 29.7. The van der Waals surface area contributed by atoms with Gasteiger partial charge in [-0.3, -0.25) is 14.2 Å². The maximum Gasteiger partial charge on any atom is 0.261 e. The van der Waals surface area contributed by atoms with Gasteiger partial charge in [-0.2, -0.15) is 5.10 Å². The van der Waals surface area contributed by atoms with E-state index in [0.29, 0.717) is 33.4 Å². The Balaban J connectivity index is 1.46. The maximum atomic E-state index is 12.6. The molecule has 1 N–H and O–H groups in total. The van der Waals surface area contributed by atoms with E-state index in [1.807, 2.05) is 49.4 Å². The summed E-state index contributed by atoms with van der Waals surface area (Å²) in [5, 5.41) is 8.83. The van der Waals surface area contributed by atoms with Crippen molar-refractivity contribution in [1.82, 2.24) is 19.3 Å². The van der Waals surface area contributed by atoms with Gasteiger partial charge in [-0.1, -0.05) is 53.2 Å². The Bertz CT molecular complexity index is 1330. The molecule has 7 nitrogen and oxygen atoms in total. The van der Waals surface area contributed by atoms with Crippen molar-refractivity contribution in [2.45, 2.75) is 18.6 Å². The maximum absolute atomic E-state index is 12.6. The zero-order chi connectivity index (χ0) is 22.0. The zero-order valence-electron chi connectivity index (χ0n) is 17.0. The van der Waals surface area contributed by atoms with E-state index in [4.69, 9.17) is 11.6 Å². The van der Waals surface area contributed by atoms with E-state index in [9.17, 15) is 9.59 Å². The lowest BCUT2D eigenvalue weighted by Crippen LogP contribution is -2.22. The smallest absolute Gasteiger partial charge is 0.261 e. The van der Waals surface area contributed by atoms with Crippen molar-refractivity contribution in [2.75, 3.05) is 11.1 Å². The van der Waals surface area contributed by atoms with E-state index in [1.165, 1.54) is 16.3 Å². The molecule has 4 rings (SSSR count). The lowest BCUT2D eigenvalue weighted by molar-refractivity contribution is -0.113. The number of amides is 1. The van der Waals surface area contributed by atoms with Crippen molar-refractivity contribution in [2.24, 2.45) is 7.05 Å². The van der Waals surface area contributed by atoms with E-state index >= 15 is 0 Å². The molecule has 2 aromatic heterocycles. The Hall–Kier alpha value is -3.10. The first kappa shape index (κ1) is 21.1. The first-order chi connectivity index (χ1) is 14.9. The molecule has 0 saturated heterocycles. The molecule has 0 aliphatic heterocycles. The quantitative estimate of drug-likeness (QED) is 0.354. The second-order valence-corrected chi connectivity index (χ2v) is 8.43. The number of benzene rings is 2. The number of carbonyl (C=O) groups is 1. The first-order valence-electron chi connectivity index (χ1n) is 9.57. The number of hydrogen-bond acceptors (Lipinski definition) is 5. The normalized spacial score (nSPS) is 11.1. The summed E-state index contributed by atoms with van der Waals surface area (Å²) in [6, 6.07) is 14.8. The highest BCUT2D eigenvalue weighted by atomic mass is 35.5. The van der Waals surface area contributed by atoms with Crippen LogP contribution in [-0.4, -0.2) is 31.0 Å². The SMILES string of the molecule is Cc1ccc2nc(SCC(=O)Nc3ccnn3Cc3ccccc3Cl)n(C)c(=O)c2c1. The number of rotatable bonds is 6. The van der Waals surface area contributed by atoms with E-state index in [-0.39, 0.29) is 17.2 Å². The molecule has 4 aromatic rings. The third kappa shape index (κ3) is 4.65. The van der Waals surface area contributed by atoms with Crippen LogP contribution in [0, 0.1) is 6.92 Å². The Morgan fingerprint density at radius 3 is 2.81 bits per heavy atom. The molecule has 2 aromatic carbocycles. The Morgan fingerprint density at radius 1 is 1.19 bits per heavy atom. The summed E-state index contributed by atoms with van der Waals surface area (Å²) >= 11 is 7.44. The molecule has 0 spiro atoms. The summed E-state index contributed by atoms with van der Waals surface area (Å²) in [5.74, 6) is 0.458. The predicted molar refractivity (Wildman–Crippen MR) is 124 cm³/mol. The van der Waals surface area contributed by atoms with Crippen LogP contribution in [0.5, 0.6) is 0 Å². The Morgan fingerprint density at radius 2 is 2.00 bits per heavy atom. The van der Waals surface area contributed by atoms with Crippen LogP contribution in [0.1, 0.15) is 11.1 Å². The van der Waals surface area contributed by atoms with Crippen molar-refractivity contribution in [3.8, 4) is 0 Å². The minimum absolute atomic E-state index is 0.106. The van der Waals surface area contributed by atoms with Gasteiger partial charge in [-0.15, -0.1) is 0 Å². The number of anilines is 1. The van der Waals surface area contributed by atoms with Crippen LogP contribution in [0.3, 0.4) is 0 Å². The van der Waals surface area contributed by atoms with Crippen molar-refractivity contribution >= 4 is 46.0 Å². The number of halogens is 1. The van der Waals surface area contributed by atoms with Gasteiger partial charge in [0.15, 0.2) is 5.16 Å². The van der Waals surface area contributed by atoms with Gasteiger partial charge in [-0.05, 0) is 30.7 Å². The fourth-order valence-corrected chi connectivity index (χ4v) is 4.12. The van der Waals surface area contributed by atoms with E-state index < -0.39 is 0 Å². The minimum Gasteiger partial charge on any atom is -0.310 e. The predicted octanol–water partition coefficient (Wildman–Crippen LogP) is 3.87. The molecule has 0 unspecified atom stereocenters. The zero-order valence-corrected chi connectivity index (χ0v) is 18.6. The summed E-state index contributed by atoms with van der Waals surface area (Å²) in [6.45, 7) is 2.37. The number of hydrogen-bond donors (Lipinski definition) is 1. The van der Waals surface area contributed by atoms with Crippen molar-refractivity contribution in [3.63, 3.8) is 0 Å². The van der Waals surface area contributed by atoms with Crippen LogP contribution in [0.15, 0.2) is 64.7 Å². The summed E-state index contributed by atoms with van der Waals surface area (Å²) in [5.41, 5.74) is 2.40. The molecular formula is C22H20ClN5O2S. The molecule has 2 heterocycles. The molecule has 1 amide bonds. The number of fused-ring (bicyclic) bond motifs is 1. The Kier molecular flexibility index (Phi) is 6.11. The molecule has 9 heteroatoms. The third-order valence-electron chi connectivity index (χ3n) is 4.78. The highest BCUT2D eigenvalue weighted by molar-refractivity contribution is 7.99. The number of thioether (sulfide) groups is 1. The molecule has 0 atom stereocenters. The fourth-order valence-electron chi connectivity index (χ4n) is 3.16. The standard InChI is InChI=1S/C22H20ClN5O2S/c1-14-7-8-18-16(11-14)21(30)27(2)22(25-18)31-13-20(29)26-19-9-10-24-28(19)12-15-5-3-4-6-17(15)23/h3-11H,12-13H2,1-2H3,(H,26,29). The van der Waals surface area contributed by atoms with E-state index in [2.05, 4.69) is 15.4 Å². The minimum atomic E-state index is -0.218. The molecular weight excluding hydrogens is 434 g/mol. The number of nitrogens with zero attached hydrogens (tertiary/aromatic N) is 4. The second-order valence-electron chi connectivity index (χ2n) is 7.08. The van der Waals surface area contributed by atoms with Crippen molar-refractivity contribution < 1.29 is 4.79 Å². The van der Waals surface area contributed by atoms with Crippen LogP contribution in [0.2, 0.25) is 5.02 Å². The van der Waals surface area contributed by atoms with Gasteiger partial charge < -0.3 is 5.32 Å². The largest absolute Gasteiger partial charge is 0.310 e. The lowest BCUT2D eigenvalue weighted by atomic mass is 10.2. The van der Waals surface area contributed by atoms with Gasteiger partial charge >= 0.3 is 0 Å². The number of carbonyl (C=O) groups excluding carboxylic acids is 1. The van der Waals surface area contributed by atoms with Crippen LogP contribution in [0.4, 0.5) is 5.82 Å².